The van der Waals surface area contributed by atoms with Crippen LogP contribution < -0.4 is 4.90 Å². The highest BCUT2D eigenvalue weighted by molar-refractivity contribution is 8.00. The molecule has 0 radical (unpaired) electrons. The van der Waals surface area contributed by atoms with Crippen LogP contribution in [0.4, 0.5) is 0 Å². The van der Waals surface area contributed by atoms with Gasteiger partial charge in [-0.25, -0.2) is 0 Å². The molecule has 0 heterocycles. The molecule has 0 unspecified atom stereocenters. The molecule has 23 heavy (non-hydrogen) atoms. The number of unbranched alkanes of at least 4 members (excludes halogenated alkanes) is 6. The standard InChI is InChI=1S/C13H27NS2.C6H15N/c1-3-5-7-9-11-14(13(15)16)12-10-8-6-4-2;1-4-7(5-2)6-3/h3-12H2,1-2H3,(H,15,16);4-6H2,1-3H3. The lowest BCUT2D eigenvalue weighted by molar-refractivity contribution is -0.894. The zero-order valence-electron chi connectivity index (χ0n) is 16.5. The predicted octanol–water partition coefficient (Wildman–Crippen LogP) is 4.21. The highest BCUT2D eigenvalue weighted by Crippen LogP contribution is 2.06. The van der Waals surface area contributed by atoms with Gasteiger partial charge in [-0.05, 0) is 33.6 Å². The smallest absolute Gasteiger partial charge is 0.0742 e. The fraction of sp³-hybridized carbons (Fsp3) is 0.947. The van der Waals surface area contributed by atoms with Crippen LogP contribution in [0, 0.1) is 0 Å². The van der Waals surface area contributed by atoms with Crippen LogP contribution in [0.2, 0.25) is 0 Å². The van der Waals surface area contributed by atoms with Gasteiger partial charge in [-0.15, -0.1) is 0 Å². The van der Waals surface area contributed by atoms with Crippen molar-refractivity contribution in [1.29, 1.82) is 0 Å². The zero-order chi connectivity index (χ0) is 17.9. The first-order valence-electron chi connectivity index (χ1n) is 9.86. The molecule has 1 N–H and O–H groups in total. The van der Waals surface area contributed by atoms with Crippen molar-refractivity contribution in [2.45, 2.75) is 86.0 Å². The molecule has 0 rings (SSSR count). The van der Waals surface area contributed by atoms with E-state index in [1.165, 1.54) is 71.0 Å². The maximum Gasteiger partial charge on any atom is 0.0742 e. The topological polar surface area (TPSA) is 7.68 Å². The summed E-state index contributed by atoms with van der Waals surface area (Å²) < 4.78 is 0.660. The fourth-order valence-corrected chi connectivity index (χ4v) is 2.87. The Morgan fingerprint density at radius 2 is 1.13 bits per heavy atom. The van der Waals surface area contributed by atoms with Gasteiger partial charge in [0, 0.05) is 13.1 Å². The Kier molecular flexibility index (Phi) is 22.1. The Morgan fingerprint density at radius 3 is 1.35 bits per heavy atom. The van der Waals surface area contributed by atoms with Crippen LogP contribution in [0.3, 0.4) is 0 Å². The SMILES string of the molecule is CCCCCCN(CCCCCC)C(=S)[S-].CC[NH+](CC)CC. The minimum Gasteiger partial charge on any atom is -0.411 e. The second-order valence-electron chi connectivity index (χ2n) is 6.18. The molecular weight excluding hydrogens is 320 g/mol. The van der Waals surface area contributed by atoms with Crippen molar-refractivity contribution in [3.8, 4) is 0 Å². The summed E-state index contributed by atoms with van der Waals surface area (Å²) in [4.78, 5) is 3.88. The van der Waals surface area contributed by atoms with Crippen LogP contribution in [0.15, 0.2) is 0 Å². The molecule has 0 spiro atoms. The van der Waals surface area contributed by atoms with Crippen LogP contribution >= 0.6 is 12.2 Å². The summed E-state index contributed by atoms with van der Waals surface area (Å²) in [5.74, 6) is 0. The highest BCUT2D eigenvalue weighted by atomic mass is 32.1. The average Bonchev–Trinajstić information content (AvgIpc) is 2.55. The molecule has 0 aromatic rings. The van der Waals surface area contributed by atoms with E-state index in [0.29, 0.717) is 4.32 Å². The van der Waals surface area contributed by atoms with Crippen molar-refractivity contribution in [3.63, 3.8) is 0 Å². The van der Waals surface area contributed by atoms with Gasteiger partial charge in [0.15, 0.2) is 0 Å². The monoisotopic (exact) mass is 362 g/mol. The number of nitrogens with zero attached hydrogens (tertiary/aromatic N) is 1. The van der Waals surface area contributed by atoms with Gasteiger partial charge in [0.05, 0.1) is 19.6 Å². The van der Waals surface area contributed by atoms with Gasteiger partial charge in [0.25, 0.3) is 0 Å². The van der Waals surface area contributed by atoms with E-state index in [1.54, 1.807) is 4.90 Å². The minimum absolute atomic E-state index is 0.660. The van der Waals surface area contributed by atoms with Gasteiger partial charge in [-0.1, -0.05) is 56.7 Å². The molecule has 140 valence electrons. The number of thiocarbonyl (C=S) groups is 1. The van der Waals surface area contributed by atoms with Crippen molar-refractivity contribution in [1.82, 2.24) is 4.90 Å². The molecule has 0 saturated heterocycles. The molecule has 0 fully saturated rings. The lowest BCUT2D eigenvalue weighted by Gasteiger charge is -2.28. The molecule has 0 atom stereocenters. The summed E-state index contributed by atoms with van der Waals surface area (Å²) in [6.07, 6.45) is 10.3. The Hall–Kier alpha value is 0.0700. The Labute approximate surface area is 157 Å². The van der Waals surface area contributed by atoms with Crippen molar-refractivity contribution in [3.05, 3.63) is 0 Å². The third kappa shape index (κ3) is 18.3. The van der Waals surface area contributed by atoms with Gasteiger partial charge >= 0.3 is 0 Å². The van der Waals surface area contributed by atoms with Crippen molar-refractivity contribution >= 4 is 29.2 Å². The van der Waals surface area contributed by atoms with Crippen LogP contribution in [0.1, 0.15) is 86.0 Å². The van der Waals surface area contributed by atoms with Gasteiger partial charge in [-0.2, -0.15) is 0 Å². The van der Waals surface area contributed by atoms with E-state index in [-0.39, 0.29) is 0 Å². The molecule has 0 aromatic carbocycles. The Bertz CT molecular complexity index is 226. The van der Waals surface area contributed by atoms with E-state index in [9.17, 15) is 0 Å². The third-order valence-corrected chi connectivity index (χ3v) is 4.84. The summed E-state index contributed by atoms with van der Waals surface area (Å²) >= 11 is 10.2. The molecule has 0 amide bonds. The lowest BCUT2D eigenvalue weighted by atomic mass is 10.2. The molecule has 0 aliphatic heterocycles. The van der Waals surface area contributed by atoms with Crippen LogP contribution in [-0.2, 0) is 12.6 Å². The summed E-state index contributed by atoms with van der Waals surface area (Å²) in [6, 6.07) is 0. The van der Waals surface area contributed by atoms with Crippen LogP contribution in [-0.4, -0.2) is 41.9 Å². The number of rotatable bonds is 13. The molecule has 0 aliphatic carbocycles. The molecule has 0 aromatic heterocycles. The Balaban J connectivity index is 0. The van der Waals surface area contributed by atoms with E-state index in [1.807, 2.05) is 0 Å². The molecule has 2 nitrogen and oxygen atoms in total. The zero-order valence-corrected chi connectivity index (χ0v) is 18.1. The van der Waals surface area contributed by atoms with E-state index in [0.717, 1.165) is 13.1 Å². The normalized spacial score (nSPS) is 10.3. The second kappa shape index (κ2) is 20.1. The first kappa shape index (κ1) is 25.3. The summed E-state index contributed by atoms with van der Waals surface area (Å²) in [7, 11) is 0. The number of hydrogen-bond donors (Lipinski definition) is 1. The largest absolute Gasteiger partial charge is 0.411 e. The van der Waals surface area contributed by atoms with Crippen molar-refractivity contribution in [2.75, 3.05) is 32.7 Å². The van der Waals surface area contributed by atoms with E-state index >= 15 is 0 Å². The highest BCUT2D eigenvalue weighted by Gasteiger charge is 2.00. The molecular formula is C19H42N2S2. The third-order valence-electron chi connectivity index (χ3n) is 4.32. The maximum absolute atomic E-state index is 5.11. The molecule has 0 saturated carbocycles. The van der Waals surface area contributed by atoms with E-state index < -0.39 is 0 Å². The quantitative estimate of drug-likeness (QED) is 0.298. The first-order valence-corrected chi connectivity index (χ1v) is 10.7. The summed E-state index contributed by atoms with van der Waals surface area (Å²) in [5, 5.41) is 0. The Morgan fingerprint density at radius 1 is 0.739 bits per heavy atom. The fourth-order valence-electron chi connectivity index (χ4n) is 2.50. The van der Waals surface area contributed by atoms with E-state index in [4.69, 9.17) is 24.8 Å². The van der Waals surface area contributed by atoms with Crippen LogP contribution in [0.5, 0.6) is 0 Å². The van der Waals surface area contributed by atoms with Crippen LogP contribution in [0.25, 0.3) is 0 Å². The number of hydrogen-bond acceptors (Lipinski definition) is 2. The lowest BCUT2D eigenvalue weighted by Crippen LogP contribution is -3.11. The summed E-state index contributed by atoms with van der Waals surface area (Å²) in [6.45, 7) is 17.1. The first-order chi connectivity index (χ1) is 11.1. The van der Waals surface area contributed by atoms with Gasteiger partial charge < -0.3 is 34.6 Å². The van der Waals surface area contributed by atoms with E-state index in [2.05, 4.69) is 39.5 Å². The summed E-state index contributed by atoms with van der Waals surface area (Å²) in [5.41, 5.74) is 0. The van der Waals surface area contributed by atoms with Crippen molar-refractivity contribution < 1.29 is 4.90 Å². The number of nitrogens with one attached hydrogen (secondary N) is 1. The maximum atomic E-state index is 5.11. The van der Waals surface area contributed by atoms with Gasteiger partial charge in [0.1, 0.15) is 0 Å². The van der Waals surface area contributed by atoms with Gasteiger partial charge in [-0.3, -0.25) is 0 Å². The molecule has 4 heteroatoms. The average molecular weight is 363 g/mol. The molecule has 0 aliphatic rings. The predicted molar refractivity (Wildman–Crippen MR) is 112 cm³/mol. The van der Waals surface area contributed by atoms with Gasteiger partial charge in [0.2, 0.25) is 0 Å². The molecule has 0 bridgehead atoms. The second-order valence-corrected chi connectivity index (χ2v) is 7.22. The van der Waals surface area contributed by atoms with Crippen molar-refractivity contribution in [2.24, 2.45) is 0 Å². The minimum atomic E-state index is 0.660. The number of quaternary nitrogens is 1.